The van der Waals surface area contributed by atoms with Crippen molar-refractivity contribution in [2.45, 2.75) is 39.2 Å². The van der Waals surface area contributed by atoms with Gasteiger partial charge in [-0.05, 0) is 44.2 Å². The van der Waals surface area contributed by atoms with Gasteiger partial charge in [0.05, 0.1) is 12.0 Å². The van der Waals surface area contributed by atoms with Crippen LogP contribution in [0, 0.1) is 12.8 Å². The number of carbonyl (C=O) groups is 2. The van der Waals surface area contributed by atoms with Crippen LogP contribution in [-0.4, -0.2) is 36.5 Å². The number of rotatable bonds is 6. The van der Waals surface area contributed by atoms with Crippen molar-refractivity contribution >= 4 is 11.9 Å². The maximum Gasteiger partial charge on any atom is 0.317 e. The lowest BCUT2D eigenvalue weighted by Crippen LogP contribution is -2.50. The molecule has 1 saturated heterocycles. The van der Waals surface area contributed by atoms with Crippen molar-refractivity contribution in [2.24, 2.45) is 5.92 Å². The Labute approximate surface area is 173 Å². The molecule has 2 atom stereocenters. The van der Waals surface area contributed by atoms with Crippen LogP contribution in [0.3, 0.4) is 0 Å². The van der Waals surface area contributed by atoms with E-state index in [1.165, 1.54) is 11.1 Å². The second kappa shape index (κ2) is 10.1. The van der Waals surface area contributed by atoms with Gasteiger partial charge >= 0.3 is 6.03 Å². The van der Waals surface area contributed by atoms with Crippen LogP contribution in [0.4, 0.5) is 4.79 Å². The Balaban J connectivity index is 1.63. The summed E-state index contributed by atoms with van der Waals surface area (Å²) in [5.74, 6) is -0.132. The summed E-state index contributed by atoms with van der Waals surface area (Å²) in [7, 11) is 0. The van der Waals surface area contributed by atoms with Gasteiger partial charge in [-0.15, -0.1) is 0 Å². The smallest absolute Gasteiger partial charge is 0.317 e. The molecule has 1 heterocycles. The molecule has 3 rings (SSSR count). The number of aryl methyl sites for hydroxylation is 1. The molecule has 2 aromatic carbocycles. The molecule has 29 heavy (non-hydrogen) atoms. The highest BCUT2D eigenvalue weighted by molar-refractivity contribution is 5.81. The van der Waals surface area contributed by atoms with Crippen LogP contribution >= 0.6 is 0 Å². The number of likely N-dealkylation sites (tertiary alicyclic amines) is 1. The summed E-state index contributed by atoms with van der Waals surface area (Å²) >= 11 is 0. The molecule has 154 valence electrons. The first-order chi connectivity index (χ1) is 14.1. The monoisotopic (exact) mass is 393 g/mol. The zero-order chi connectivity index (χ0) is 20.6. The van der Waals surface area contributed by atoms with Crippen LogP contribution < -0.4 is 10.6 Å². The summed E-state index contributed by atoms with van der Waals surface area (Å²) in [6, 6.07) is 18.4. The average molecular weight is 394 g/mol. The van der Waals surface area contributed by atoms with E-state index in [-0.39, 0.29) is 23.9 Å². The van der Waals surface area contributed by atoms with Gasteiger partial charge in [0.2, 0.25) is 5.91 Å². The predicted octanol–water partition coefficient (Wildman–Crippen LogP) is 3.84. The summed E-state index contributed by atoms with van der Waals surface area (Å²) in [4.78, 5) is 27.3. The van der Waals surface area contributed by atoms with Crippen LogP contribution in [0.15, 0.2) is 54.6 Å². The third-order valence-corrected chi connectivity index (χ3v) is 5.52. The number of hydrogen-bond acceptors (Lipinski definition) is 2. The Bertz CT molecular complexity index is 822. The molecule has 2 unspecified atom stereocenters. The van der Waals surface area contributed by atoms with E-state index in [0.29, 0.717) is 19.6 Å². The van der Waals surface area contributed by atoms with E-state index in [9.17, 15) is 9.59 Å². The quantitative estimate of drug-likeness (QED) is 0.783. The molecule has 2 aromatic rings. The lowest BCUT2D eigenvalue weighted by Gasteiger charge is -2.39. The molecule has 1 aliphatic heterocycles. The second-order valence-electron chi connectivity index (χ2n) is 7.72. The van der Waals surface area contributed by atoms with E-state index in [2.05, 4.69) is 47.9 Å². The standard InChI is InChI=1S/C24H31N3O2/c1-3-25-24(29)27-17-21(12-13-22(27)20-11-7-8-18(2)16-20)23(28)26-15-14-19-9-5-4-6-10-19/h4-11,16,21-22H,3,12-15,17H2,1-2H3,(H,25,29)(H,26,28). The number of benzene rings is 2. The van der Waals surface area contributed by atoms with Crippen molar-refractivity contribution in [3.05, 3.63) is 71.3 Å². The van der Waals surface area contributed by atoms with Crippen molar-refractivity contribution in [1.29, 1.82) is 0 Å². The van der Waals surface area contributed by atoms with Crippen molar-refractivity contribution < 1.29 is 9.59 Å². The van der Waals surface area contributed by atoms with Gasteiger partial charge in [0.1, 0.15) is 0 Å². The third-order valence-electron chi connectivity index (χ3n) is 5.52. The highest BCUT2D eigenvalue weighted by Crippen LogP contribution is 2.34. The Morgan fingerprint density at radius 3 is 2.55 bits per heavy atom. The minimum Gasteiger partial charge on any atom is -0.355 e. The molecule has 2 N–H and O–H groups in total. The number of nitrogens with one attached hydrogen (secondary N) is 2. The van der Waals surface area contributed by atoms with Crippen molar-refractivity contribution in [2.75, 3.05) is 19.6 Å². The van der Waals surface area contributed by atoms with E-state index in [1.807, 2.05) is 36.1 Å². The molecule has 1 fully saturated rings. The first-order valence-corrected chi connectivity index (χ1v) is 10.5. The van der Waals surface area contributed by atoms with Gasteiger partial charge < -0.3 is 15.5 Å². The van der Waals surface area contributed by atoms with Gasteiger partial charge in [-0.1, -0.05) is 60.2 Å². The second-order valence-corrected chi connectivity index (χ2v) is 7.72. The first kappa shape index (κ1) is 20.9. The van der Waals surface area contributed by atoms with E-state index in [4.69, 9.17) is 0 Å². The summed E-state index contributed by atoms with van der Waals surface area (Å²) < 4.78 is 0. The molecule has 0 aliphatic carbocycles. The maximum absolute atomic E-state index is 12.7. The summed E-state index contributed by atoms with van der Waals surface area (Å²) in [5, 5.41) is 5.97. The minimum atomic E-state index is -0.172. The number of amides is 3. The number of urea groups is 1. The molecule has 0 saturated carbocycles. The first-order valence-electron chi connectivity index (χ1n) is 10.5. The topological polar surface area (TPSA) is 61.4 Å². The summed E-state index contributed by atoms with van der Waals surface area (Å²) in [6.07, 6.45) is 2.38. The van der Waals surface area contributed by atoms with Crippen LogP contribution in [0.1, 0.15) is 42.5 Å². The van der Waals surface area contributed by atoms with Crippen LogP contribution in [-0.2, 0) is 11.2 Å². The lowest BCUT2D eigenvalue weighted by molar-refractivity contribution is -0.126. The van der Waals surface area contributed by atoms with Crippen LogP contribution in [0.25, 0.3) is 0 Å². The Morgan fingerprint density at radius 2 is 1.83 bits per heavy atom. The van der Waals surface area contributed by atoms with Gasteiger partial charge in [-0.2, -0.15) is 0 Å². The fraction of sp³-hybridized carbons (Fsp3) is 0.417. The van der Waals surface area contributed by atoms with Crippen molar-refractivity contribution in [3.63, 3.8) is 0 Å². The molecule has 5 heteroatoms. The normalized spacial score (nSPS) is 18.9. The van der Waals surface area contributed by atoms with E-state index >= 15 is 0 Å². The molecule has 0 bridgehead atoms. The van der Waals surface area contributed by atoms with Gasteiger partial charge in [-0.25, -0.2) is 4.79 Å². The summed E-state index contributed by atoms with van der Waals surface area (Å²) in [6.45, 7) is 5.61. The fourth-order valence-corrected chi connectivity index (χ4v) is 4.01. The lowest BCUT2D eigenvalue weighted by atomic mass is 9.88. The largest absolute Gasteiger partial charge is 0.355 e. The average Bonchev–Trinajstić information content (AvgIpc) is 2.74. The van der Waals surface area contributed by atoms with Gasteiger partial charge in [-0.3, -0.25) is 4.79 Å². The van der Waals surface area contributed by atoms with Crippen molar-refractivity contribution in [1.82, 2.24) is 15.5 Å². The molecule has 3 amide bonds. The number of nitrogens with zero attached hydrogens (tertiary/aromatic N) is 1. The highest BCUT2D eigenvalue weighted by Gasteiger charge is 2.35. The Hall–Kier alpha value is -2.82. The van der Waals surface area contributed by atoms with Gasteiger partial charge in [0, 0.05) is 19.6 Å². The fourth-order valence-electron chi connectivity index (χ4n) is 4.01. The minimum absolute atomic E-state index is 0.00909. The molecule has 0 aromatic heterocycles. The van der Waals surface area contributed by atoms with Crippen LogP contribution in [0.2, 0.25) is 0 Å². The van der Waals surface area contributed by atoms with Gasteiger partial charge in [0.25, 0.3) is 0 Å². The number of carbonyl (C=O) groups excluding carboxylic acids is 2. The molecule has 0 spiro atoms. The van der Waals surface area contributed by atoms with Crippen LogP contribution in [0.5, 0.6) is 0 Å². The van der Waals surface area contributed by atoms with Gasteiger partial charge in [0.15, 0.2) is 0 Å². The zero-order valence-electron chi connectivity index (χ0n) is 17.4. The predicted molar refractivity (Wildman–Crippen MR) is 116 cm³/mol. The highest BCUT2D eigenvalue weighted by atomic mass is 16.2. The summed E-state index contributed by atoms with van der Waals surface area (Å²) in [5.41, 5.74) is 3.53. The van der Waals surface area contributed by atoms with E-state index in [0.717, 1.165) is 24.8 Å². The molecule has 5 nitrogen and oxygen atoms in total. The maximum atomic E-state index is 12.7. The third kappa shape index (κ3) is 5.59. The number of hydrogen-bond donors (Lipinski definition) is 2. The molecule has 0 radical (unpaired) electrons. The number of piperidine rings is 1. The van der Waals surface area contributed by atoms with E-state index in [1.54, 1.807) is 0 Å². The Morgan fingerprint density at radius 1 is 1.03 bits per heavy atom. The molecular weight excluding hydrogens is 362 g/mol. The van der Waals surface area contributed by atoms with E-state index < -0.39 is 0 Å². The van der Waals surface area contributed by atoms with Crippen molar-refractivity contribution in [3.8, 4) is 0 Å². The Kier molecular flexibility index (Phi) is 7.28. The molecule has 1 aliphatic rings. The SMILES string of the molecule is CCNC(=O)N1CC(C(=O)NCCc2ccccc2)CCC1c1cccc(C)c1. The molecular formula is C24H31N3O2. The zero-order valence-corrected chi connectivity index (χ0v) is 17.4.